The molecule has 0 aliphatic rings. The van der Waals surface area contributed by atoms with Gasteiger partial charge in [-0.05, 0) is 39.3 Å². The van der Waals surface area contributed by atoms with Crippen LogP contribution in [0, 0.1) is 16.7 Å². The molecule has 1 rings (SSSR count). The lowest BCUT2D eigenvalue weighted by atomic mass is 9.92. The summed E-state index contributed by atoms with van der Waals surface area (Å²) in [5.41, 5.74) is 0.683. The van der Waals surface area contributed by atoms with Gasteiger partial charge < -0.3 is 10.1 Å². The first-order chi connectivity index (χ1) is 9.50. The van der Waals surface area contributed by atoms with E-state index >= 15 is 0 Å². The summed E-state index contributed by atoms with van der Waals surface area (Å²) in [6.07, 6.45) is 1.77. The molecule has 0 aromatic heterocycles. The molecule has 0 saturated heterocycles. The van der Waals surface area contributed by atoms with E-state index in [0.29, 0.717) is 18.1 Å². The van der Waals surface area contributed by atoms with E-state index in [-0.39, 0.29) is 5.41 Å². The normalized spacial score (nSPS) is 11.2. The third kappa shape index (κ3) is 5.40. The topological polar surface area (TPSA) is 45.0 Å². The maximum atomic E-state index is 9.00. The highest BCUT2D eigenvalue weighted by atomic mass is 35.5. The number of nitrogens with zero attached hydrogens (tertiary/aromatic N) is 1. The van der Waals surface area contributed by atoms with E-state index in [0.717, 1.165) is 30.8 Å². The van der Waals surface area contributed by atoms with E-state index in [9.17, 15) is 0 Å². The molecular formula is C16H23ClN2O. The van der Waals surface area contributed by atoms with Crippen molar-refractivity contribution in [2.45, 2.75) is 40.2 Å². The monoisotopic (exact) mass is 294 g/mol. The zero-order valence-corrected chi connectivity index (χ0v) is 13.3. The van der Waals surface area contributed by atoms with Crippen LogP contribution in [0.5, 0.6) is 5.75 Å². The number of nitrogens with one attached hydrogen (secondary N) is 1. The summed E-state index contributed by atoms with van der Waals surface area (Å²) in [4.78, 5) is 0. The maximum absolute atomic E-state index is 9.00. The van der Waals surface area contributed by atoms with Gasteiger partial charge in [-0.1, -0.05) is 30.7 Å². The number of nitriles is 1. The van der Waals surface area contributed by atoms with Crippen molar-refractivity contribution in [2.24, 2.45) is 5.41 Å². The minimum absolute atomic E-state index is 0.373. The number of rotatable bonds is 8. The lowest BCUT2D eigenvalue weighted by Gasteiger charge is -2.18. The van der Waals surface area contributed by atoms with Gasteiger partial charge in [0.25, 0.3) is 0 Å². The first kappa shape index (κ1) is 16.8. The van der Waals surface area contributed by atoms with Crippen molar-refractivity contribution in [1.82, 2.24) is 5.32 Å². The molecule has 0 heterocycles. The maximum Gasteiger partial charge on any atom is 0.142 e. The van der Waals surface area contributed by atoms with Crippen LogP contribution in [0.3, 0.4) is 0 Å². The molecule has 0 aliphatic carbocycles. The second-order valence-electron chi connectivity index (χ2n) is 5.50. The Morgan fingerprint density at radius 2 is 2.15 bits per heavy atom. The second kappa shape index (κ2) is 8.14. The molecule has 0 spiro atoms. The van der Waals surface area contributed by atoms with Crippen LogP contribution < -0.4 is 10.1 Å². The zero-order valence-electron chi connectivity index (χ0n) is 12.5. The lowest BCUT2D eigenvalue weighted by molar-refractivity contribution is 0.262. The Bertz CT molecular complexity index is 466. The fourth-order valence-electron chi connectivity index (χ4n) is 1.72. The Labute approximate surface area is 126 Å². The van der Waals surface area contributed by atoms with E-state index < -0.39 is 0 Å². The summed E-state index contributed by atoms with van der Waals surface area (Å²) in [5, 5.41) is 13.0. The van der Waals surface area contributed by atoms with Gasteiger partial charge in [0, 0.05) is 12.1 Å². The van der Waals surface area contributed by atoms with E-state index in [2.05, 4.69) is 18.3 Å². The lowest BCUT2D eigenvalue weighted by Crippen LogP contribution is -2.16. The van der Waals surface area contributed by atoms with Crippen molar-refractivity contribution in [3.05, 3.63) is 28.8 Å². The Balaban J connectivity index is 2.66. The average molecular weight is 295 g/mol. The largest absolute Gasteiger partial charge is 0.492 e. The van der Waals surface area contributed by atoms with Crippen LogP contribution in [0.2, 0.25) is 5.02 Å². The number of hydrogen-bond donors (Lipinski definition) is 1. The molecule has 3 nitrogen and oxygen atoms in total. The number of ether oxygens (including phenoxy) is 1. The van der Waals surface area contributed by atoms with Crippen LogP contribution >= 0.6 is 11.6 Å². The number of hydrogen-bond acceptors (Lipinski definition) is 3. The molecule has 1 aromatic carbocycles. The molecule has 0 atom stereocenters. The van der Waals surface area contributed by atoms with Crippen LogP contribution in [0.4, 0.5) is 0 Å². The van der Waals surface area contributed by atoms with E-state index in [1.165, 1.54) is 0 Å². The van der Waals surface area contributed by atoms with Crippen molar-refractivity contribution in [1.29, 1.82) is 5.26 Å². The van der Waals surface area contributed by atoms with Crippen LogP contribution in [-0.4, -0.2) is 13.2 Å². The minimum atomic E-state index is -0.373. The summed E-state index contributed by atoms with van der Waals surface area (Å²) >= 11 is 6.21. The van der Waals surface area contributed by atoms with Gasteiger partial charge in [-0.3, -0.25) is 0 Å². The Morgan fingerprint density at radius 1 is 1.40 bits per heavy atom. The predicted molar refractivity (Wildman–Crippen MR) is 83.0 cm³/mol. The molecule has 0 saturated carbocycles. The number of halogens is 1. The van der Waals surface area contributed by atoms with Crippen molar-refractivity contribution < 1.29 is 4.74 Å². The fourth-order valence-corrected chi connectivity index (χ4v) is 1.97. The molecule has 110 valence electrons. The highest BCUT2D eigenvalue weighted by Gasteiger charge is 2.17. The Morgan fingerprint density at radius 3 is 2.80 bits per heavy atom. The highest BCUT2D eigenvalue weighted by Crippen LogP contribution is 2.29. The van der Waals surface area contributed by atoms with Crippen molar-refractivity contribution in [2.75, 3.05) is 13.2 Å². The molecule has 0 bridgehead atoms. The summed E-state index contributed by atoms with van der Waals surface area (Å²) in [7, 11) is 0. The highest BCUT2D eigenvalue weighted by molar-refractivity contribution is 6.32. The van der Waals surface area contributed by atoms with Gasteiger partial charge in [0.1, 0.15) is 5.75 Å². The second-order valence-corrected chi connectivity index (χ2v) is 5.91. The Kier molecular flexibility index (Phi) is 6.84. The number of para-hydroxylation sites is 1. The molecule has 0 aliphatic heterocycles. The summed E-state index contributed by atoms with van der Waals surface area (Å²) < 4.78 is 5.81. The predicted octanol–water partition coefficient (Wildman–Crippen LogP) is 4.16. The molecule has 0 radical (unpaired) electrons. The first-order valence-corrected chi connectivity index (χ1v) is 7.40. The van der Waals surface area contributed by atoms with Crippen molar-refractivity contribution in [3.63, 3.8) is 0 Å². The fraction of sp³-hybridized carbons (Fsp3) is 0.562. The van der Waals surface area contributed by atoms with Crippen molar-refractivity contribution >= 4 is 11.6 Å². The Hall–Kier alpha value is -1.24. The standard InChI is InChI=1S/C16H23ClN2O/c1-4-9-19-11-13-6-5-7-14(17)15(13)20-10-8-16(2,3)12-18/h5-7,19H,4,8-11H2,1-3H3. The van der Waals surface area contributed by atoms with Crippen molar-refractivity contribution in [3.8, 4) is 11.8 Å². The third-order valence-corrected chi connectivity index (χ3v) is 3.36. The summed E-state index contributed by atoms with van der Waals surface area (Å²) in [6, 6.07) is 8.04. The molecule has 1 N–H and O–H groups in total. The van der Waals surface area contributed by atoms with Crippen LogP contribution in [0.1, 0.15) is 39.2 Å². The minimum Gasteiger partial charge on any atom is -0.492 e. The molecule has 0 unspecified atom stereocenters. The first-order valence-electron chi connectivity index (χ1n) is 7.02. The van der Waals surface area contributed by atoms with E-state index in [4.69, 9.17) is 21.6 Å². The van der Waals surface area contributed by atoms with Gasteiger partial charge in [-0.25, -0.2) is 0 Å². The van der Waals surface area contributed by atoms with Gasteiger partial charge in [-0.15, -0.1) is 0 Å². The third-order valence-electron chi connectivity index (χ3n) is 3.07. The molecule has 0 amide bonds. The number of benzene rings is 1. The van der Waals surface area contributed by atoms with Gasteiger partial charge in [0.05, 0.1) is 23.1 Å². The quantitative estimate of drug-likeness (QED) is 0.732. The molecule has 20 heavy (non-hydrogen) atoms. The van der Waals surface area contributed by atoms with Crippen LogP contribution in [0.25, 0.3) is 0 Å². The van der Waals surface area contributed by atoms with Gasteiger partial charge in [0.15, 0.2) is 0 Å². The summed E-state index contributed by atoms with van der Waals surface area (Å²) in [6.45, 7) is 8.15. The molecule has 1 aromatic rings. The van der Waals surface area contributed by atoms with Gasteiger partial charge in [0.2, 0.25) is 0 Å². The van der Waals surface area contributed by atoms with Gasteiger partial charge >= 0.3 is 0 Å². The zero-order chi connectivity index (χ0) is 15.0. The van der Waals surface area contributed by atoms with Gasteiger partial charge in [-0.2, -0.15) is 5.26 Å². The van der Waals surface area contributed by atoms with E-state index in [1.54, 1.807) is 0 Å². The van der Waals surface area contributed by atoms with Crippen LogP contribution in [-0.2, 0) is 6.54 Å². The van der Waals surface area contributed by atoms with Crippen LogP contribution in [0.15, 0.2) is 18.2 Å². The smallest absolute Gasteiger partial charge is 0.142 e. The molecule has 4 heteroatoms. The van der Waals surface area contributed by atoms with E-state index in [1.807, 2.05) is 32.0 Å². The molecular weight excluding hydrogens is 272 g/mol. The molecule has 0 fully saturated rings. The SMILES string of the molecule is CCCNCc1cccc(Cl)c1OCCC(C)(C)C#N. The average Bonchev–Trinajstić information content (AvgIpc) is 2.42. The summed E-state index contributed by atoms with van der Waals surface area (Å²) in [5.74, 6) is 0.728.